The van der Waals surface area contributed by atoms with Crippen LogP contribution >= 0.6 is 0 Å². The molecule has 1 aliphatic heterocycles. The molecule has 2 aromatic carbocycles. The zero-order chi connectivity index (χ0) is 20.2. The average molecular weight is 389 g/mol. The summed E-state index contributed by atoms with van der Waals surface area (Å²) in [6.45, 7) is 5.59. The summed E-state index contributed by atoms with van der Waals surface area (Å²) in [6, 6.07) is 16.2. The number of fused-ring (bicyclic) bond motifs is 1. The third-order valence-electron chi connectivity index (χ3n) is 5.78. The summed E-state index contributed by atoms with van der Waals surface area (Å²) >= 11 is 0. The van der Waals surface area contributed by atoms with E-state index in [9.17, 15) is 9.59 Å². The van der Waals surface area contributed by atoms with Gasteiger partial charge in [-0.15, -0.1) is 0 Å². The van der Waals surface area contributed by atoms with E-state index >= 15 is 0 Å². The van der Waals surface area contributed by atoms with E-state index in [1.165, 1.54) is 11.1 Å². The number of rotatable bonds is 6. The van der Waals surface area contributed by atoms with Crippen molar-refractivity contribution in [2.75, 3.05) is 19.6 Å². The highest BCUT2D eigenvalue weighted by Crippen LogP contribution is 2.22. The van der Waals surface area contributed by atoms with Crippen molar-refractivity contribution in [2.45, 2.75) is 32.7 Å². The van der Waals surface area contributed by atoms with Crippen molar-refractivity contribution < 1.29 is 0 Å². The van der Waals surface area contributed by atoms with Crippen LogP contribution < -0.4 is 11.2 Å². The monoisotopic (exact) mass is 389 g/mol. The molecule has 1 N–H and O–H groups in total. The van der Waals surface area contributed by atoms with Gasteiger partial charge in [-0.2, -0.15) is 0 Å². The summed E-state index contributed by atoms with van der Waals surface area (Å²) in [5, 5.41) is 0.613. The summed E-state index contributed by atoms with van der Waals surface area (Å²) in [7, 11) is 0. The van der Waals surface area contributed by atoms with Crippen LogP contribution in [0.25, 0.3) is 16.5 Å². The molecule has 0 fully saturated rings. The van der Waals surface area contributed by atoms with Gasteiger partial charge in [0, 0.05) is 19.6 Å². The average Bonchev–Trinajstić information content (AvgIpc) is 2.74. The van der Waals surface area contributed by atoms with Gasteiger partial charge in [-0.05, 0) is 55.5 Å². The van der Waals surface area contributed by atoms with E-state index in [0.29, 0.717) is 11.9 Å². The summed E-state index contributed by atoms with van der Waals surface area (Å²) in [5.41, 5.74) is 3.77. The number of aromatic nitrogens is 2. The zero-order valence-electron chi connectivity index (χ0n) is 16.9. The fourth-order valence-corrected chi connectivity index (χ4v) is 4.17. The lowest BCUT2D eigenvalue weighted by atomic mass is 9.99. The zero-order valence-corrected chi connectivity index (χ0v) is 16.9. The van der Waals surface area contributed by atoms with E-state index in [0.717, 1.165) is 50.0 Å². The van der Waals surface area contributed by atoms with Crippen LogP contribution in [-0.4, -0.2) is 34.1 Å². The summed E-state index contributed by atoms with van der Waals surface area (Å²) in [4.78, 5) is 29.4. The Hall–Kier alpha value is -2.92. The van der Waals surface area contributed by atoms with Gasteiger partial charge in [0.2, 0.25) is 0 Å². The molecular formula is C24H27N3O2. The van der Waals surface area contributed by atoms with Gasteiger partial charge in [-0.25, -0.2) is 4.79 Å². The Morgan fingerprint density at radius 3 is 2.52 bits per heavy atom. The molecule has 0 atom stereocenters. The highest BCUT2D eigenvalue weighted by Gasteiger charge is 2.13. The predicted molar refractivity (Wildman–Crippen MR) is 118 cm³/mol. The van der Waals surface area contributed by atoms with E-state index in [4.69, 9.17) is 0 Å². The van der Waals surface area contributed by atoms with Crippen molar-refractivity contribution in [3.8, 4) is 0 Å². The van der Waals surface area contributed by atoms with Crippen molar-refractivity contribution >= 4 is 16.5 Å². The molecule has 0 aliphatic carbocycles. The van der Waals surface area contributed by atoms with E-state index < -0.39 is 0 Å². The molecule has 0 saturated carbocycles. The fraction of sp³-hybridized carbons (Fsp3) is 0.333. The summed E-state index contributed by atoms with van der Waals surface area (Å²) in [6.07, 6.45) is 5.34. The minimum atomic E-state index is -0.318. The second kappa shape index (κ2) is 8.62. The first-order valence-electron chi connectivity index (χ1n) is 10.3. The van der Waals surface area contributed by atoms with Gasteiger partial charge in [0.25, 0.3) is 5.56 Å². The topological polar surface area (TPSA) is 58.1 Å². The lowest BCUT2D eigenvalue weighted by Gasteiger charge is -2.26. The summed E-state index contributed by atoms with van der Waals surface area (Å²) in [5.74, 6) is 0. The molecule has 2 heterocycles. The van der Waals surface area contributed by atoms with Crippen molar-refractivity contribution in [2.24, 2.45) is 0 Å². The molecule has 3 aromatic rings. The maximum absolute atomic E-state index is 12.3. The van der Waals surface area contributed by atoms with Gasteiger partial charge >= 0.3 is 5.69 Å². The molecule has 0 unspecified atom stereocenters. The first-order valence-corrected chi connectivity index (χ1v) is 10.3. The summed E-state index contributed by atoms with van der Waals surface area (Å²) < 4.78 is 1.70. The van der Waals surface area contributed by atoms with Crippen LogP contribution in [-0.2, 0) is 6.54 Å². The van der Waals surface area contributed by atoms with Gasteiger partial charge in [0.05, 0.1) is 10.9 Å². The maximum Gasteiger partial charge on any atom is 0.328 e. The lowest BCUT2D eigenvalue weighted by Crippen LogP contribution is -2.32. The SMILES string of the molecule is Cc1cccc2c1c(=O)[nH]c(=O)n2CCCCN1CC=C(c2ccccc2)CC1. The van der Waals surface area contributed by atoms with Crippen LogP contribution in [0.3, 0.4) is 0 Å². The molecule has 29 heavy (non-hydrogen) atoms. The fourth-order valence-electron chi connectivity index (χ4n) is 4.17. The van der Waals surface area contributed by atoms with Gasteiger partial charge in [-0.1, -0.05) is 48.5 Å². The largest absolute Gasteiger partial charge is 0.328 e. The maximum atomic E-state index is 12.3. The molecule has 1 aromatic heterocycles. The minimum absolute atomic E-state index is 0.298. The molecular weight excluding hydrogens is 362 g/mol. The number of H-pyrrole nitrogens is 1. The van der Waals surface area contributed by atoms with Crippen molar-refractivity contribution in [3.63, 3.8) is 0 Å². The molecule has 4 rings (SSSR count). The minimum Gasteiger partial charge on any atom is -0.299 e. The standard InChI is InChI=1S/C24H27N3O2/c1-18-8-7-11-21-22(18)23(28)25-24(29)27(21)15-6-5-14-26-16-12-20(13-17-26)19-9-3-2-4-10-19/h2-4,7-12H,5-6,13-17H2,1H3,(H,25,28,29). The van der Waals surface area contributed by atoms with Crippen LogP contribution in [0.1, 0.15) is 30.4 Å². The van der Waals surface area contributed by atoms with Crippen LogP contribution in [0.5, 0.6) is 0 Å². The van der Waals surface area contributed by atoms with Crippen LogP contribution in [0, 0.1) is 6.92 Å². The molecule has 0 radical (unpaired) electrons. The highest BCUT2D eigenvalue weighted by atomic mass is 16.2. The molecule has 5 heteroatoms. The third-order valence-corrected chi connectivity index (χ3v) is 5.78. The quantitative estimate of drug-likeness (QED) is 0.656. The van der Waals surface area contributed by atoms with E-state index in [1.807, 2.05) is 25.1 Å². The van der Waals surface area contributed by atoms with Crippen molar-refractivity contribution in [3.05, 3.63) is 86.6 Å². The Balaban J connectivity index is 1.35. The molecule has 1 aliphatic rings. The Bertz CT molecular complexity index is 1140. The van der Waals surface area contributed by atoms with Crippen molar-refractivity contribution in [1.29, 1.82) is 0 Å². The Labute approximate surface area is 170 Å². The highest BCUT2D eigenvalue weighted by molar-refractivity contribution is 5.81. The van der Waals surface area contributed by atoms with Gasteiger partial charge in [0.1, 0.15) is 0 Å². The van der Waals surface area contributed by atoms with E-state index in [2.05, 4.69) is 46.3 Å². The normalized spacial score (nSPS) is 14.9. The second-order valence-electron chi connectivity index (χ2n) is 7.73. The number of aromatic amines is 1. The number of aryl methyl sites for hydroxylation is 2. The third kappa shape index (κ3) is 4.25. The number of nitrogens with zero attached hydrogens (tertiary/aromatic N) is 2. The van der Waals surface area contributed by atoms with Crippen molar-refractivity contribution in [1.82, 2.24) is 14.5 Å². The molecule has 0 saturated heterocycles. The first-order chi connectivity index (χ1) is 14.1. The van der Waals surface area contributed by atoms with E-state index in [-0.39, 0.29) is 11.2 Å². The number of hydrogen-bond acceptors (Lipinski definition) is 3. The lowest BCUT2D eigenvalue weighted by molar-refractivity contribution is 0.292. The van der Waals surface area contributed by atoms with Gasteiger partial charge < -0.3 is 0 Å². The predicted octanol–water partition coefficient (Wildman–Crippen LogP) is 3.57. The first kappa shape index (κ1) is 19.4. The molecule has 150 valence electrons. The molecule has 0 bridgehead atoms. The Kier molecular flexibility index (Phi) is 5.76. The van der Waals surface area contributed by atoms with Crippen LogP contribution in [0.2, 0.25) is 0 Å². The van der Waals surface area contributed by atoms with Gasteiger partial charge in [0.15, 0.2) is 0 Å². The van der Waals surface area contributed by atoms with Crippen LogP contribution in [0.15, 0.2) is 64.2 Å². The molecule has 5 nitrogen and oxygen atoms in total. The Morgan fingerprint density at radius 2 is 1.76 bits per heavy atom. The van der Waals surface area contributed by atoms with Crippen LogP contribution in [0.4, 0.5) is 0 Å². The second-order valence-corrected chi connectivity index (χ2v) is 7.73. The number of unbranched alkanes of at least 4 members (excludes halogenated alkanes) is 1. The Morgan fingerprint density at radius 1 is 0.966 bits per heavy atom. The number of benzene rings is 2. The van der Waals surface area contributed by atoms with Gasteiger partial charge in [-0.3, -0.25) is 19.2 Å². The number of hydrogen-bond donors (Lipinski definition) is 1. The smallest absolute Gasteiger partial charge is 0.299 e. The molecule has 0 spiro atoms. The van der Waals surface area contributed by atoms with E-state index in [1.54, 1.807) is 4.57 Å². The molecule has 0 amide bonds. The number of nitrogens with one attached hydrogen (secondary N) is 1.